The van der Waals surface area contributed by atoms with Crippen molar-refractivity contribution < 1.29 is 9.59 Å². The van der Waals surface area contributed by atoms with Crippen molar-refractivity contribution >= 4 is 11.8 Å². The van der Waals surface area contributed by atoms with E-state index in [0.717, 1.165) is 0 Å². The number of imide groups is 1. The molecule has 2 amide bonds. The van der Waals surface area contributed by atoms with Crippen LogP contribution < -0.4 is 0 Å². The second-order valence-electron chi connectivity index (χ2n) is 5.31. The average Bonchev–Trinajstić information content (AvgIpc) is 2.65. The number of hydrogen-bond acceptors (Lipinski definition) is 2. The molecule has 1 aliphatic carbocycles. The zero-order valence-electron chi connectivity index (χ0n) is 10.3. The highest BCUT2D eigenvalue weighted by Crippen LogP contribution is 2.44. The Kier molecular flexibility index (Phi) is 2.64. The normalized spacial score (nSPS) is 43.5. The van der Waals surface area contributed by atoms with E-state index < -0.39 is 0 Å². The Morgan fingerprint density at radius 1 is 0.812 bits per heavy atom. The molecule has 0 N–H and O–H groups in total. The van der Waals surface area contributed by atoms with Crippen LogP contribution in [0, 0.1) is 23.7 Å². The summed E-state index contributed by atoms with van der Waals surface area (Å²) in [6.45, 7) is 8.72. The lowest BCUT2D eigenvalue weighted by atomic mass is 9.92. The number of hydrogen-bond donors (Lipinski definition) is 0. The topological polar surface area (TPSA) is 37.4 Å². The summed E-state index contributed by atoms with van der Waals surface area (Å²) < 4.78 is 0. The molecule has 16 heavy (non-hydrogen) atoms. The predicted molar refractivity (Wildman–Crippen MR) is 61.4 cm³/mol. The Morgan fingerprint density at radius 2 is 1.19 bits per heavy atom. The third-order valence-corrected chi connectivity index (χ3v) is 4.71. The molecule has 0 saturated heterocycles. The minimum Gasteiger partial charge on any atom is -0.272 e. The van der Waals surface area contributed by atoms with Gasteiger partial charge in [-0.05, 0) is 23.7 Å². The maximum absolute atomic E-state index is 11.7. The second kappa shape index (κ2) is 3.72. The summed E-state index contributed by atoms with van der Waals surface area (Å²) in [5.41, 5.74) is 0. The van der Waals surface area contributed by atoms with Crippen molar-refractivity contribution in [3.63, 3.8) is 0 Å². The fraction of sp³-hybridized carbons (Fsp3) is 0.692. The molecule has 2 aliphatic rings. The maximum atomic E-state index is 11.7. The van der Waals surface area contributed by atoms with Crippen molar-refractivity contribution in [2.24, 2.45) is 23.7 Å². The molecule has 3 heteroatoms. The molecule has 0 aromatic heterocycles. The number of nitrogens with zero attached hydrogens (tertiary/aromatic N) is 1. The fourth-order valence-corrected chi connectivity index (χ4v) is 3.23. The van der Waals surface area contributed by atoms with Gasteiger partial charge in [0.15, 0.2) is 0 Å². The van der Waals surface area contributed by atoms with Crippen LogP contribution in [-0.2, 0) is 9.59 Å². The monoisotopic (exact) mass is 221 g/mol. The van der Waals surface area contributed by atoms with Crippen LogP contribution in [0.2, 0.25) is 0 Å². The molecule has 0 aromatic rings. The minimum absolute atomic E-state index is 0.0694. The van der Waals surface area contributed by atoms with E-state index in [1.807, 2.05) is 0 Å². The molecule has 88 valence electrons. The van der Waals surface area contributed by atoms with Gasteiger partial charge in [0.25, 0.3) is 11.8 Å². The molecule has 1 saturated carbocycles. The van der Waals surface area contributed by atoms with Gasteiger partial charge < -0.3 is 0 Å². The van der Waals surface area contributed by atoms with Gasteiger partial charge in [-0.15, -0.1) is 0 Å². The predicted octanol–water partition coefficient (Wildman–Crippen LogP) is 1.84. The highest BCUT2D eigenvalue weighted by molar-refractivity contribution is 6.13. The summed E-state index contributed by atoms with van der Waals surface area (Å²) in [6.07, 6.45) is 2.77. The quantitative estimate of drug-likeness (QED) is 0.634. The number of amides is 2. The third kappa shape index (κ3) is 1.41. The molecule has 2 rings (SSSR count). The molecule has 0 radical (unpaired) electrons. The highest BCUT2D eigenvalue weighted by atomic mass is 16.2. The van der Waals surface area contributed by atoms with Crippen LogP contribution in [0.4, 0.5) is 0 Å². The van der Waals surface area contributed by atoms with Gasteiger partial charge in [0.2, 0.25) is 0 Å². The highest BCUT2D eigenvalue weighted by Gasteiger charge is 2.47. The Morgan fingerprint density at radius 3 is 1.56 bits per heavy atom. The SMILES string of the molecule is CC1C(C)C(C)C(N2C(=O)C=CC2=O)C1C. The van der Waals surface area contributed by atoms with Gasteiger partial charge in [0.1, 0.15) is 0 Å². The van der Waals surface area contributed by atoms with Crippen LogP contribution in [0.3, 0.4) is 0 Å². The lowest BCUT2D eigenvalue weighted by Gasteiger charge is -2.30. The van der Waals surface area contributed by atoms with Crippen LogP contribution in [0.5, 0.6) is 0 Å². The summed E-state index contributed by atoms with van der Waals surface area (Å²) in [5.74, 6) is 1.60. The van der Waals surface area contributed by atoms with Gasteiger partial charge in [-0.1, -0.05) is 27.7 Å². The van der Waals surface area contributed by atoms with E-state index in [2.05, 4.69) is 27.7 Å². The smallest absolute Gasteiger partial charge is 0.253 e. The van der Waals surface area contributed by atoms with Crippen LogP contribution in [0.25, 0.3) is 0 Å². The summed E-state index contributed by atoms with van der Waals surface area (Å²) >= 11 is 0. The standard InChI is InChI=1S/C13H19NO2/c1-7-8(2)10(4)13(9(7)3)14-11(15)5-6-12(14)16/h5-10,13H,1-4H3. The first-order valence-corrected chi connectivity index (χ1v) is 6.00. The average molecular weight is 221 g/mol. The van der Waals surface area contributed by atoms with E-state index in [1.54, 1.807) is 0 Å². The van der Waals surface area contributed by atoms with E-state index in [1.165, 1.54) is 17.1 Å². The molecular weight excluding hydrogens is 202 g/mol. The van der Waals surface area contributed by atoms with Gasteiger partial charge in [-0.3, -0.25) is 14.5 Å². The number of rotatable bonds is 1. The minimum atomic E-state index is -0.144. The van der Waals surface area contributed by atoms with Crippen LogP contribution in [0.1, 0.15) is 27.7 Å². The third-order valence-electron chi connectivity index (χ3n) is 4.71. The van der Waals surface area contributed by atoms with Gasteiger partial charge in [-0.25, -0.2) is 0 Å². The maximum Gasteiger partial charge on any atom is 0.253 e. The summed E-state index contributed by atoms with van der Waals surface area (Å²) in [4.78, 5) is 24.8. The lowest BCUT2D eigenvalue weighted by molar-refractivity contribution is -0.141. The van der Waals surface area contributed by atoms with Crippen molar-refractivity contribution in [1.29, 1.82) is 0 Å². The Bertz CT molecular complexity index is 329. The number of carbonyl (C=O) groups is 2. The molecule has 4 unspecified atom stereocenters. The molecule has 0 spiro atoms. The van der Waals surface area contributed by atoms with Gasteiger partial charge >= 0.3 is 0 Å². The molecule has 4 atom stereocenters. The van der Waals surface area contributed by atoms with Crippen LogP contribution >= 0.6 is 0 Å². The van der Waals surface area contributed by atoms with E-state index in [-0.39, 0.29) is 17.9 Å². The van der Waals surface area contributed by atoms with E-state index in [4.69, 9.17) is 0 Å². The molecule has 1 heterocycles. The summed E-state index contributed by atoms with van der Waals surface area (Å²) in [5, 5.41) is 0. The van der Waals surface area contributed by atoms with Gasteiger partial charge in [-0.2, -0.15) is 0 Å². The van der Waals surface area contributed by atoms with Crippen molar-refractivity contribution in [1.82, 2.24) is 4.90 Å². The first kappa shape index (κ1) is 11.4. The fourth-order valence-electron chi connectivity index (χ4n) is 3.23. The van der Waals surface area contributed by atoms with Gasteiger partial charge in [0.05, 0.1) is 0 Å². The second-order valence-corrected chi connectivity index (χ2v) is 5.31. The molecular formula is C13H19NO2. The molecule has 0 aromatic carbocycles. The zero-order valence-corrected chi connectivity index (χ0v) is 10.3. The van der Waals surface area contributed by atoms with Gasteiger partial charge in [0, 0.05) is 18.2 Å². The van der Waals surface area contributed by atoms with E-state index >= 15 is 0 Å². The van der Waals surface area contributed by atoms with Crippen molar-refractivity contribution in [3.05, 3.63) is 12.2 Å². The zero-order chi connectivity index (χ0) is 12.0. The Labute approximate surface area is 96.5 Å². The van der Waals surface area contributed by atoms with Crippen LogP contribution in [-0.4, -0.2) is 22.8 Å². The first-order valence-electron chi connectivity index (χ1n) is 6.00. The molecule has 1 aliphatic heterocycles. The number of carbonyl (C=O) groups excluding carboxylic acids is 2. The van der Waals surface area contributed by atoms with Crippen molar-refractivity contribution in [2.45, 2.75) is 33.7 Å². The largest absolute Gasteiger partial charge is 0.272 e. The van der Waals surface area contributed by atoms with E-state index in [9.17, 15) is 9.59 Å². The van der Waals surface area contributed by atoms with Crippen molar-refractivity contribution in [3.8, 4) is 0 Å². The molecule has 1 fully saturated rings. The van der Waals surface area contributed by atoms with E-state index in [0.29, 0.717) is 23.7 Å². The lowest BCUT2D eigenvalue weighted by Crippen LogP contribution is -2.45. The Hall–Kier alpha value is -1.12. The Balaban J connectivity index is 2.28. The molecule has 3 nitrogen and oxygen atoms in total. The first-order chi connectivity index (χ1) is 7.45. The summed E-state index contributed by atoms with van der Waals surface area (Å²) in [6, 6.07) is 0.0694. The summed E-state index contributed by atoms with van der Waals surface area (Å²) in [7, 11) is 0. The van der Waals surface area contributed by atoms with Crippen LogP contribution in [0.15, 0.2) is 12.2 Å². The molecule has 0 bridgehead atoms. The van der Waals surface area contributed by atoms with Crippen molar-refractivity contribution in [2.75, 3.05) is 0 Å².